The van der Waals surface area contributed by atoms with Crippen LogP contribution in [0.3, 0.4) is 0 Å². The molecule has 0 unspecified atom stereocenters. The third-order valence-corrected chi connectivity index (χ3v) is 3.58. The van der Waals surface area contributed by atoms with Crippen molar-refractivity contribution in [1.82, 2.24) is 9.97 Å². The summed E-state index contributed by atoms with van der Waals surface area (Å²) in [5, 5.41) is 3.48. The zero-order valence-corrected chi connectivity index (χ0v) is 15.2. The third kappa shape index (κ3) is 5.72. The fourth-order valence-corrected chi connectivity index (χ4v) is 2.15. The van der Waals surface area contributed by atoms with Gasteiger partial charge in [0.15, 0.2) is 5.82 Å². The van der Waals surface area contributed by atoms with E-state index in [1.54, 1.807) is 6.08 Å². The van der Waals surface area contributed by atoms with E-state index in [0.29, 0.717) is 22.6 Å². The number of benzene rings is 1. The number of aromatic nitrogens is 2. The number of nitrogens with zero attached hydrogens (tertiary/aromatic N) is 3. The van der Waals surface area contributed by atoms with Gasteiger partial charge in [-0.05, 0) is 37.1 Å². The van der Waals surface area contributed by atoms with E-state index < -0.39 is 0 Å². The fraction of sp³-hybridized carbons (Fsp3) is 0.211. The van der Waals surface area contributed by atoms with Gasteiger partial charge in [-0.3, -0.25) is 0 Å². The Labute approximate surface area is 153 Å². The molecule has 2 aromatic rings. The molecule has 1 aromatic carbocycles. The number of halogens is 1. The van der Waals surface area contributed by atoms with Gasteiger partial charge >= 0.3 is 0 Å². The van der Waals surface area contributed by atoms with Crippen LogP contribution in [0.25, 0.3) is 5.57 Å². The summed E-state index contributed by atoms with van der Waals surface area (Å²) in [4.78, 5) is 12.8. The van der Waals surface area contributed by atoms with Crippen molar-refractivity contribution < 1.29 is 0 Å². The van der Waals surface area contributed by atoms with Crippen molar-refractivity contribution in [3.8, 4) is 0 Å². The molecular formula is C19H22ClN5. The highest BCUT2D eigenvalue weighted by Gasteiger charge is 2.06. The van der Waals surface area contributed by atoms with Gasteiger partial charge in [-0.2, -0.15) is 4.98 Å². The summed E-state index contributed by atoms with van der Waals surface area (Å²) in [6, 6.07) is 7.84. The molecular weight excluding hydrogens is 334 g/mol. The summed E-state index contributed by atoms with van der Waals surface area (Å²) < 4.78 is 0. The average Bonchev–Trinajstić information content (AvgIpc) is 2.58. The van der Waals surface area contributed by atoms with Crippen molar-refractivity contribution >= 4 is 40.5 Å². The van der Waals surface area contributed by atoms with Crippen molar-refractivity contribution in [3.05, 3.63) is 59.8 Å². The van der Waals surface area contributed by atoms with Crippen molar-refractivity contribution in [3.63, 3.8) is 0 Å². The molecule has 0 amide bonds. The topological polar surface area (TPSA) is 76.2 Å². The molecule has 6 heteroatoms. The number of hydrogen-bond acceptors (Lipinski definition) is 4. The molecule has 0 fully saturated rings. The minimum absolute atomic E-state index is 0.328. The Morgan fingerprint density at radius 3 is 2.96 bits per heavy atom. The zero-order valence-electron chi connectivity index (χ0n) is 14.5. The second-order valence-electron chi connectivity index (χ2n) is 5.58. The quantitative estimate of drug-likeness (QED) is 0.525. The van der Waals surface area contributed by atoms with Gasteiger partial charge in [0.2, 0.25) is 5.95 Å². The van der Waals surface area contributed by atoms with Crippen LogP contribution in [-0.2, 0) is 0 Å². The second-order valence-corrected chi connectivity index (χ2v) is 5.99. The van der Waals surface area contributed by atoms with Crippen molar-refractivity contribution in [2.45, 2.75) is 26.7 Å². The number of unbranched alkanes of at least 4 members (excludes halogenated alkanes) is 1. The smallest absolute Gasteiger partial charge is 0.229 e. The van der Waals surface area contributed by atoms with E-state index >= 15 is 0 Å². The molecule has 5 nitrogen and oxygen atoms in total. The lowest BCUT2D eigenvalue weighted by Crippen LogP contribution is -2.07. The summed E-state index contributed by atoms with van der Waals surface area (Å²) in [6.45, 7) is 8.00. The van der Waals surface area contributed by atoms with Crippen LogP contribution in [0.5, 0.6) is 0 Å². The van der Waals surface area contributed by atoms with Gasteiger partial charge in [0.05, 0.1) is 6.20 Å². The van der Waals surface area contributed by atoms with Crippen LogP contribution in [0.2, 0.25) is 5.02 Å². The molecule has 0 bridgehead atoms. The molecule has 1 aromatic heterocycles. The van der Waals surface area contributed by atoms with E-state index in [4.69, 9.17) is 17.3 Å². The Hall–Kier alpha value is -2.66. The van der Waals surface area contributed by atoms with E-state index in [-0.39, 0.29) is 0 Å². The standard InChI is InChI=1S/C19H22ClN5/c1-4-5-6-10-17(21)24-18-16(20)12-22-19(25-18)23-15-9-7-8-14(11-15)13(2)3/h6-12H,2,4-5H2,1,3H3,(H3,21,22,23,24,25)/b10-6+. The highest BCUT2D eigenvalue weighted by molar-refractivity contribution is 6.32. The van der Waals surface area contributed by atoms with Crippen molar-refractivity contribution in [1.29, 1.82) is 0 Å². The number of rotatable bonds is 7. The first-order chi connectivity index (χ1) is 12.0. The van der Waals surface area contributed by atoms with Gasteiger partial charge < -0.3 is 11.1 Å². The molecule has 130 valence electrons. The molecule has 0 aliphatic carbocycles. The lowest BCUT2D eigenvalue weighted by Gasteiger charge is -2.08. The largest absolute Gasteiger partial charge is 0.384 e. The van der Waals surface area contributed by atoms with Crippen LogP contribution < -0.4 is 11.1 Å². The predicted molar refractivity (Wildman–Crippen MR) is 107 cm³/mol. The van der Waals surface area contributed by atoms with E-state index in [1.807, 2.05) is 37.3 Å². The molecule has 0 atom stereocenters. The molecule has 3 N–H and O–H groups in total. The molecule has 2 rings (SSSR count). The molecule has 0 saturated carbocycles. The van der Waals surface area contributed by atoms with Gasteiger partial charge in [0, 0.05) is 5.69 Å². The van der Waals surface area contributed by atoms with Crippen molar-refractivity contribution in [2.75, 3.05) is 5.32 Å². The maximum absolute atomic E-state index is 6.12. The summed E-state index contributed by atoms with van der Waals surface area (Å²) in [6.07, 6.45) is 7.22. The summed E-state index contributed by atoms with van der Waals surface area (Å²) in [7, 11) is 0. The molecule has 0 spiro atoms. The van der Waals surface area contributed by atoms with Gasteiger partial charge in [-0.1, -0.05) is 55.3 Å². The van der Waals surface area contributed by atoms with E-state index in [1.165, 1.54) is 6.20 Å². The zero-order chi connectivity index (χ0) is 18.2. The summed E-state index contributed by atoms with van der Waals surface area (Å²) in [5.74, 6) is 1.07. The number of amidine groups is 1. The maximum atomic E-state index is 6.12. The molecule has 0 aliphatic rings. The number of aliphatic imine (C=N–C) groups is 1. The predicted octanol–water partition coefficient (Wildman–Crippen LogP) is 5.25. The average molecular weight is 356 g/mol. The van der Waals surface area contributed by atoms with Gasteiger partial charge in [-0.25, -0.2) is 9.98 Å². The Balaban J connectivity index is 2.22. The first-order valence-electron chi connectivity index (χ1n) is 8.05. The highest BCUT2D eigenvalue weighted by Crippen LogP contribution is 2.25. The third-order valence-electron chi connectivity index (χ3n) is 3.32. The summed E-state index contributed by atoms with van der Waals surface area (Å²) >= 11 is 6.12. The lowest BCUT2D eigenvalue weighted by atomic mass is 10.1. The maximum Gasteiger partial charge on any atom is 0.229 e. The van der Waals surface area contributed by atoms with Crippen LogP contribution in [-0.4, -0.2) is 15.8 Å². The molecule has 0 radical (unpaired) electrons. The highest BCUT2D eigenvalue weighted by atomic mass is 35.5. The summed E-state index contributed by atoms with van der Waals surface area (Å²) in [5.41, 5.74) is 8.77. The van der Waals surface area contributed by atoms with Crippen LogP contribution in [0, 0.1) is 0 Å². The molecule has 0 saturated heterocycles. The van der Waals surface area contributed by atoms with Gasteiger partial charge in [0.25, 0.3) is 0 Å². The van der Waals surface area contributed by atoms with Crippen LogP contribution >= 0.6 is 11.6 Å². The number of nitrogens with one attached hydrogen (secondary N) is 1. The number of allylic oxidation sites excluding steroid dienone is 2. The normalized spacial score (nSPS) is 11.7. The minimum atomic E-state index is 0.328. The van der Waals surface area contributed by atoms with Gasteiger partial charge in [0.1, 0.15) is 10.9 Å². The van der Waals surface area contributed by atoms with Crippen molar-refractivity contribution in [2.24, 2.45) is 10.7 Å². The SMILES string of the molecule is C=C(C)c1cccc(Nc2ncc(Cl)c(N=C(N)/C=C/CCC)n2)c1. The Morgan fingerprint density at radius 1 is 1.44 bits per heavy atom. The van der Waals surface area contributed by atoms with E-state index in [0.717, 1.165) is 29.7 Å². The first kappa shape index (κ1) is 18.7. The molecule has 1 heterocycles. The number of anilines is 2. The van der Waals surface area contributed by atoms with E-state index in [2.05, 4.69) is 33.8 Å². The Bertz CT molecular complexity index is 811. The Kier molecular flexibility index (Phi) is 6.71. The van der Waals surface area contributed by atoms with Crippen LogP contribution in [0.15, 0.2) is 54.2 Å². The van der Waals surface area contributed by atoms with Gasteiger partial charge in [-0.15, -0.1) is 0 Å². The van der Waals surface area contributed by atoms with Crippen LogP contribution in [0.1, 0.15) is 32.3 Å². The molecule has 0 aliphatic heterocycles. The second kappa shape index (κ2) is 8.99. The monoisotopic (exact) mass is 355 g/mol. The van der Waals surface area contributed by atoms with E-state index in [9.17, 15) is 0 Å². The lowest BCUT2D eigenvalue weighted by molar-refractivity contribution is 0.959. The Morgan fingerprint density at radius 2 is 2.24 bits per heavy atom. The minimum Gasteiger partial charge on any atom is -0.384 e. The fourth-order valence-electron chi connectivity index (χ4n) is 2.02. The number of hydrogen-bond donors (Lipinski definition) is 2. The number of nitrogens with two attached hydrogens (primary N) is 1. The molecule has 25 heavy (non-hydrogen) atoms. The first-order valence-corrected chi connectivity index (χ1v) is 8.43. The van der Waals surface area contributed by atoms with Crippen LogP contribution in [0.4, 0.5) is 17.5 Å².